The van der Waals surface area contributed by atoms with Crippen LogP contribution in [0.2, 0.25) is 5.02 Å². The molecule has 0 aliphatic carbocycles. The Kier molecular flexibility index (Phi) is 5.23. The second-order valence-electron chi connectivity index (χ2n) is 4.80. The van der Waals surface area contributed by atoms with Gasteiger partial charge in [0.1, 0.15) is 11.5 Å². The van der Waals surface area contributed by atoms with Crippen LogP contribution >= 0.6 is 11.6 Å². The summed E-state index contributed by atoms with van der Waals surface area (Å²) in [4.78, 5) is 6.39. The predicted molar refractivity (Wildman–Crippen MR) is 89.2 cm³/mol. The number of ether oxygens (including phenoxy) is 1. The fourth-order valence-electron chi connectivity index (χ4n) is 1.71. The quantitative estimate of drug-likeness (QED) is 0.570. The van der Waals surface area contributed by atoms with Crippen molar-refractivity contribution in [2.75, 3.05) is 13.6 Å². The van der Waals surface area contributed by atoms with Crippen LogP contribution in [-0.4, -0.2) is 24.8 Å². The summed E-state index contributed by atoms with van der Waals surface area (Å²) in [6, 6.07) is 13.4. The Labute approximate surface area is 130 Å². The SMILES string of the molecule is CCN(C)C=Nc1cc(C)c(Oc2ccccc2)cc1Cl. The molecular formula is C17H19ClN2O. The summed E-state index contributed by atoms with van der Waals surface area (Å²) in [6.45, 7) is 4.95. The molecule has 0 heterocycles. The molecule has 2 rings (SSSR count). The second kappa shape index (κ2) is 7.14. The highest BCUT2D eigenvalue weighted by Gasteiger charge is 2.07. The molecule has 0 saturated heterocycles. The summed E-state index contributed by atoms with van der Waals surface area (Å²) in [5.74, 6) is 1.53. The minimum atomic E-state index is 0.576. The standard InChI is InChI=1S/C17H19ClN2O/c1-4-20(3)12-19-16-10-13(2)17(11-15(16)18)21-14-8-6-5-7-9-14/h5-12H,4H2,1-3H3. The van der Waals surface area contributed by atoms with Gasteiger partial charge in [0, 0.05) is 19.7 Å². The lowest BCUT2D eigenvalue weighted by Gasteiger charge is -2.12. The molecule has 0 aromatic heterocycles. The van der Waals surface area contributed by atoms with Crippen LogP contribution in [0.5, 0.6) is 11.5 Å². The average Bonchev–Trinajstić information content (AvgIpc) is 2.50. The van der Waals surface area contributed by atoms with Crippen molar-refractivity contribution in [3.05, 3.63) is 53.1 Å². The number of hydrogen-bond acceptors (Lipinski definition) is 2. The van der Waals surface area contributed by atoms with E-state index in [2.05, 4.69) is 11.9 Å². The molecule has 2 aromatic rings. The van der Waals surface area contributed by atoms with Crippen LogP contribution in [0.15, 0.2) is 47.5 Å². The predicted octanol–water partition coefficient (Wildman–Crippen LogP) is 5.05. The van der Waals surface area contributed by atoms with Gasteiger partial charge in [-0.05, 0) is 37.6 Å². The summed E-state index contributed by atoms with van der Waals surface area (Å²) < 4.78 is 5.84. The zero-order valence-corrected chi connectivity index (χ0v) is 13.3. The van der Waals surface area contributed by atoms with Crippen LogP contribution in [0.25, 0.3) is 0 Å². The normalized spacial score (nSPS) is 10.9. The van der Waals surface area contributed by atoms with Crippen LogP contribution in [0.3, 0.4) is 0 Å². The first-order chi connectivity index (χ1) is 10.1. The van der Waals surface area contributed by atoms with Crippen molar-refractivity contribution in [3.8, 4) is 11.5 Å². The van der Waals surface area contributed by atoms with Crippen molar-refractivity contribution in [2.24, 2.45) is 4.99 Å². The van der Waals surface area contributed by atoms with E-state index in [1.54, 1.807) is 6.34 Å². The van der Waals surface area contributed by atoms with E-state index >= 15 is 0 Å². The number of halogens is 1. The maximum atomic E-state index is 6.28. The fourth-order valence-corrected chi connectivity index (χ4v) is 1.92. The summed E-state index contributed by atoms with van der Waals surface area (Å²) in [5.41, 5.74) is 1.74. The van der Waals surface area contributed by atoms with Gasteiger partial charge in [-0.2, -0.15) is 0 Å². The minimum Gasteiger partial charge on any atom is -0.457 e. The van der Waals surface area contributed by atoms with Crippen LogP contribution in [0, 0.1) is 6.92 Å². The first-order valence-electron chi connectivity index (χ1n) is 6.87. The Balaban J connectivity index is 2.23. The van der Waals surface area contributed by atoms with E-state index < -0.39 is 0 Å². The lowest BCUT2D eigenvalue weighted by atomic mass is 10.2. The van der Waals surface area contributed by atoms with Crippen molar-refractivity contribution < 1.29 is 4.74 Å². The van der Waals surface area contributed by atoms with Gasteiger partial charge < -0.3 is 9.64 Å². The molecule has 4 heteroatoms. The summed E-state index contributed by atoms with van der Waals surface area (Å²) in [5, 5.41) is 0.576. The Bertz CT molecular complexity index is 626. The molecule has 0 aliphatic heterocycles. The molecule has 3 nitrogen and oxygen atoms in total. The van der Waals surface area contributed by atoms with E-state index in [1.807, 2.05) is 61.3 Å². The van der Waals surface area contributed by atoms with Gasteiger partial charge in [-0.25, -0.2) is 4.99 Å². The average molecular weight is 303 g/mol. The Morgan fingerprint density at radius 3 is 2.62 bits per heavy atom. The highest BCUT2D eigenvalue weighted by molar-refractivity contribution is 6.33. The Morgan fingerprint density at radius 1 is 1.24 bits per heavy atom. The maximum Gasteiger partial charge on any atom is 0.131 e. The zero-order chi connectivity index (χ0) is 15.2. The number of hydrogen-bond donors (Lipinski definition) is 0. The number of rotatable bonds is 5. The van der Waals surface area contributed by atoms with E-state index in [0.29, 0.717) is 5.02 Å². The van der Waals surface area contributed by atoms with E-state index in [4.69, 9.17) is 16.3 Å². The third-order valence-electron chi connectivity index (χ3n) is 3.11. The van der Waals surface area contributed by atoms with Crippen molar-refractivity contribution in [2.45, 2.75) is 13.8 Å². The third kappa shape index (κ3) is 4.23. The first-order valence-corrected chi connectivity index (χ1v) is 7.25. The fraction of sp³-hybridized carbons (Fsp3) is 0.235. The molecular weight excluding hydrogens is 284 g/mol. The van der Waals surface area contributed by atoms with Crippen LogP contribution in [0.4, 0.5) is 5.69 Å². The third-order valence-corrected chi connectivity index (χ3v) is 3.41. The lowest BCUT2D eigenvalue weighted by Crippen LogP contribution is -2.14. The van der Waals surface area contributed by atoms with E-state index in [1.165, 1.54) is 0 Å². The zero-order valence-electron chi connectivity index (χ0n) is 12.5. The molecule has 0 amide bonds. The van der Waals surface area contributed by atoms with Crippen LogP contribution in [-0.2, 0) is 0 Å². The van der Waals surface area contributed by atoms with Crippen molar-refractivity contribution in [1.29, 1.82) is 0 Å². The monoisotopic (exact) mass is 302 g/mol. The molecule has 0 unspecified atom stereocenters. The van der Waals surface area contributed by atoms with Gasteiger partial charge in [-0.1, -0.05) is 29.8 Å². The molecule has 0 N–H and O–H groups in total. The highest BCUT2D eigenvalue weighted by atomic mass is 35.5. The number of nitrogens with zero attached hydrogens (tertiary/aromatic N) is 2. The van der Waals surface area contributed by atoms with Crippen molar-refractivity contribution >= 4 is 23.6 Å². The Morgan fingerprint density at radius 2 is 1.95 bits per heavy atom. The lowest BCUT2D eigenvalue weighted by molar-refractivity contribution is 0.479. The second-order valence-corrected chi connectivity index (χ2v) is 5.21. The van der Waals surface area contributed by atoms with Crippen LogP contribution in [0.1, 0.15) is 12.5 Å². The van der Waals surface area contributed by atoms with Crippen LogP contribution < -0.4 is 4.74 Å². The maximum absolute atomic E-state index is 6.28. The van der Waals surface area contributed by atoms with Crippen molar-refractivity contribution in [1.82, 2.24) is 4.90 Å². The topological polar surface area (TPSA) is 24.8 Å². The van der Waals surface area contributed by atoms with Gasteiger partial charge in [0.05, 0.1) is 17.0 Å². The number of benzene rings is 2. The number of aliphatic imine (C=N–C) groups is 1. The molecule has 2 aromatic carbocycles. The molecule has 0 saturated carbocycles. The van der Waals surface area contributed by atoms with Gasteiger partial charge in [-0.15, -0.1) is 0 Å². The Hall–Kier alpha value is -2.00. The van der Waals surface area contributed by atoms with Gasteiger partial charge in [0.15, 0.2) is 0 Å². The van der Waals surface area contributed by atoms with Crippen molar-refractivity contribution in [3.63, 3.8) is 0 Å². The largest absolute Gasteiger partial charge is 0.457 e. The van der Waals surface area contributed by atoms with Gasteiger partial charge in [-0.3, -0.25) is 0 Å². The highest BCUT2D eigenvalue weighted by Crippen LogP contribution is 2.34. The van der Waals surface area contributed by atoms with Gasteiger partial charge in [0.25, 0.3) is 0 Å². The minimum absolute atomic E-state index is 0.576. The first kappa shape index (κ1) is 15.4. The molecule has 0 aliphatic rings. The number of aryl methyl sites for hydroxylation is 1. The van der Waals surface area contributed by atoms with Gasteiger partial charge >= 0.3 is 0 Å². The summed E-state index contributed by atoms with van der Waals surface area (Å²) in [7, 11) is 1.97. The molecule has 0 radical (unpaired) electrons. The molecule has 0 spiro atoms. The van der Waals surface area contributed by atoms with E-state index in [0.717, 1.165) is 29.3 Å². The number of para-hydroxylation sites is 1. The smallest absolute Gasteiger partial charge is 0.131 e. The van der Waals surface area contributed by atoms with E-state index in [9.17, 15) is 0 Å². The molecule has 0 fully saturated rings. The summed E-state index contributed by atoms with van der Waals surface area (Å²) >= 11 is 6.28. The molecule has 110 valence electrons. The molecule has 0 atom stereocenters. The molecule has 0 bridgehead atoms. The molecule has 21 heavy (non-hydrogen) atoms. The summed E-state index contributed by atoms with van der Waals surface area (Å²) in [6.07, 6.45) is 1.78. The van der Waals surface area contributed by atoms with Gasteiger partial charge in [0.2, 0.25) is 0 Å². The van der Waals surface area contributed by atoms with E-state index in [-0.39, 0.29) is 0 Å².